The highest BCUT2D eigenvalue weighted by Gasteiger charge is 2.38. The van der Waals surface area contributed by atoms with Crippen molar-refractivity contribution in [2.75, 3.05) is 13.1 Å². The Labute approximate surface area is 247 Å². The number of hydrogen-bond donors (Lipinski definition) is 4. The molecule has 0 spiro atoms. The third-order valence-electron chi connectivity index (χ3n) is 10.0. The molecule has 1 fully saturated rings. The largest absolute Gasteiger partial charge is 0.357 e. The topological polar surface area (TPSA) is 96.3 Å². The standard InChI is InChI=1S/C34H42N6O2/c1-3-39-19-29-23(21-11-5-7-13-25(21)35-29)17-31(39)33(41)37-27-15-9-10-16-28(27)38-34(42)32-18-24-22-12-6-8-14-26(22)36-30(24)20-40(32)4-2/h5-8,11-14,27-28,31-32,35-36H,3-4,9-10,15-20H2,1-2H3,(H,37,41)(H,38,42)/t27-,28-,31-,32-/m0/s1. The maximum Gasteiger partial charge on any atom is 0.238 e. The quantitative estimate of drug-likeness (QED) is 0.279. The number of amides is 2. The number of likely N-dealkylation sites (N-methyl/N-ethyl adjacent to an activating group) is 2. The van der Waals surface area contributed by atoms with E-state index >= 15 is 0 Å². The van der Waals surface area contributed by atoms with Crippen LogP contribution < -0.4 is 10.6 Å². The number of nitrogens with zero attached hydrogens (tertiary/aromatic N) is 2. The molecule has 2 aliphatic heterocycles. The van der Waals surface area contributed by atoms with Crippen molar-refractivity contribution in [3.8, 4) is 0 Å². The molecule has 0 unspecified atom stereocenters. The average Bonchev–Trinajstić information content (AvgIpc) is 3.57. The minimum absolute atomic E-state index is 0.0550. The van der Waals surface area contributed by atoms with E-state index in [-0.39, 0.29) is 36.0 Å². The maximum absolute atomic E-state index is 13.9. The van der Waals surface area contributed by atoms with Gasteiger partial charge in [-0.2, -0.15) is 0 Å². The van der Waals surface area contributed by atoms with Crippen molar-refractivity contribution in [2.45, 2.75) is 89.6 Å². The molecule has 1 aliphatic carbocycles. The molecule has 2 aromatic heterocycles. The fourth-order valence-electron chi connectivity index (χ4n) is 7.74. The van der Waals surface area contributed by atoms with Crippen molar-refractivity contribution >= 4 is 33.6 Å². The summed E-state index contributed by atoms with van der Waals surface area (Å²) in [4.78, 5) is 39.4. The van der Waals surface area contributed by atoms with E-state index in [1.807, 2.05) is 0 Å². The van der Waals surface area contributed by atoms with Crippen molar-refractivity contribution in [1.82, 2.24) is 30.4 Å². The van der Waals surface area contributed by atoms with E-state index in [2.05, 4.69) is 92.8 Å². The van der Waals surface area contributed by atoms with Crippen LogP contribution in [0.5, 0.6) is 0 Å². The fourth-order valence-corrected chi connectivity index (χ4v) is 7.74. The Bertz CT molecular complexity index is 1500. The van der Waals surface area contributed by atoms with Crippen molar-refractivity contribution in [1.29, 1.82) is 0 Å². The minimum Gasteiger partial charge on any atom is -0.357 e. The van der Waals surface area contributed by atoms with Gasteiger partial charge in [0, 0.05) is 58.4 Å². The van der Waals surface area contributed by atoms with E-state index in [4.69, 9.17) is 0 Å². The number of H-pyrrole nitrogens is 2. The van der Waals surface area contributed by atoms with Gasteiger partial charge in [-0.3, -0.25) is 19.4 Å². The van der Waals surface area contributed by atoms with Crippen LogP contribution in [-0.4, -0.2) is 68.8 Å². The van der Waals surface area contributed by atoms with Gasteiger partial charge in [0.2, 0.25) is 11.8 Å². The second-order valence-corrected chi connectivity index (χ2v) is 12.3. The first-order chi connectivity index (χ1) is 20.5. The van der Waals surface area contributed by atoms with Gasteiger partial charge in [0.15, 0.2) is 0 Å². The lowest BCUT2D eigenvalue weighted by atomic mass is 9.88. The van der Waals surface area contributed by atoms with Crippen molar-refractivity contribution in [3.63, 3.8) is 0 Å². The Morgan fingerprint density at radius 3 is 1.57 bits per heavy atom. The number of nitrogens with one attached hydrogen (secondary N) is 4. The highest BCUT2D eigenvalue weighted by Crippen LogP contribution is 2.32. The number of carbonyl (C=O) groups excluding carboxylic acids is 2. The molecule has 2 aromatic carbocycles. The Kier molecular flexibility index (Phi) is 7.28. The van der Waals surface area contributed by atoms with Gasteiger partial charge in [-0.05, 0) is 62.0 Å². The number of carbonyl (C=O) groups is 2. The molecule has 0 saturated heterocycles. The number of fused-ring (bicyclic) bond motifs is 6. The third-order valence-corrected chi connectivity index (χ3v) is 10.0. The summed E-state index contributed by atoms with van der Waals surface area (Å²) in [6.45, 7) is 7.35. The van der Waals surface area contributed by atoms with Gasteiger partial charge in [0.25, 0.3) is 0 Å². The summed E-state index contributed by atoms with van der Waals surface area (Å²) in [7, 11) is 0. The lowest BCUT2D eigenvalue weighted by Gasteiger charge is -2.39. The van der Waals surface area contributed by atoms with Gasteiger partial charge in [0.05, 0.1) is 12.1 Å². The second-order valence-electron chi connectivity index (χ2n) is 12.3. The first-order valence-electron chi connectivity index (χ1n) is 15.8. The molecule has 4 atom stereocenters. The molecule has 4 N–H and O–H groups in total. The molecule has 42 heavy (non-hydrogen) atoms. The average molecular weight is 567 g/mol. The SMILES string of the molecule is CCN1Cc2[nH]c3ccccc3c2C[C@H]1C(=O)N[C@H]1CCCC[C@@H]1NC(=O)[C@@H]1Cc2c([nH]c3ccccc23)CN1CC. The van der Waals surface area contributed by atoms with E-state index in [0.29, 0.717) is 12.8 Å². The summed E-state index contributed by atoms with van der Waals surface area (Å²) in [5, 5.41) is 9.27. The van der Waals surface area contributed by atoms with E-state index < -0.39 is 0 Å². The molecular formula is C34H42N6O2. The smallest absolute Gasteiger partial charge is 0.238 e. The highest BCUT2D eigenvalue weighted by molar-refractivity contribution is 5.89. The van der Waals surface area contributed by atoms with Crippen molar-refractivity contribution in [3.05, 3.63) is 71.0 Å². The predicted octanol–water partition coefficient (Wildman–Crippen LogP) is 4.39. The van der Waals surface area contributed by atoms with Gasteiger partial charge in [-0.15, -0.1) is 0 Å². The van der Waals surface area contributed by atoms with Crippen molar-refractivity contribution in [2.24, 2.45) is 0 Å². The van der Waals surface area contributed by atoms with E-state index in [9.17, 15) is 9.59 Å². The van der Waals surface area contributed by atoms with Gasteiger partial charge < -0.3 is 20.6 Å². The molecule has 8 nitrogen and oxygen atoms in total. The number of para-hydroxylation sites is 2. The molecule has 4 aromatic rings. The predicted molar refractivity (Wildman–Crippen MR) is 166 cm³/mol. The molecule has 0 radical (unpaired) electrons. The van der Waals surface area contributed by atoms with Gasteiger partial charge in [0.1, 0.15) is 0 Å². The summed E-state index contributed by atoms with van der Waals surface area (Å²) >= 11 is 0. The number of rotatable bonds is 6. The first kappa shape index (κ1) is 27.2. The molecule has 7 rings (SSSR count). The molecular weight excluding hydrogens is 524 g/mol. The van der Waals surface area contributed by atoms with Crippen LogP contribution in [0.1, 0.15) is 62.0 Å². The summed E-state index contributed by atoms with van der Waals surface area (Å²) in [6, 6.07) is 16.2. The Balaban J connectivity index is 1.06. The number of hydrogen-bond acceptors (Lipinski definition) is 4. The zero-order valence-electron chi connectivity index (χ0n) is 24.7. The van der Waals surface area contributed by atoms with Crippen LogP contribution >= 0.6 is 0 Å². The molecule has 3 aliphatic rings. The maximum atomic E-state index is 13.9. The van der Waals surface area contributed by atoms with Crippen LogP contribution in [0.25, 0.3) is 21.8 Å². The summed E-state index contributed by atoms with van der Waals surface area (Å²) < 4.78 is 0. The lowest BCUT2D eigenvalue weighted by Crippen LogP contribution is -2.60. The van der Waals surface area contributed by atoms with Crippen LogP contribution in [0.4, 0.5) is 0 Å². The molecule has 2 amide bonds. The fraction of sp³-hybridized carbons (Fsp3) is 0.471. The zero-order chi connectivity index (χ0) is 28.8. The van der Waals surface area contributed by atoms with Crippen LogP contribution in [-0.2, 0) is 35.5 Å². The van der Waals surface area contributed by atoms with E-state index in [1.165, 1.54) is 33.3 Å². The summed E-state index contributed by atoms with van der Waals surface area (Å²) in [5.41, 5.74) is 7.24. The normalized spacial score (nSPS) is 24.8. The van der Waals surface area contributed by atoms with E-state index in [1.54, 1.807) is 0 Å². The zero-order valence-corrected chi connectivity index (χ0v) is 24.7. The molecule has 1 saturated carbocycles. The Morgan fingerprint density at radius 1 is 0.714 bits per heavy atom. The number of aromatic amines is 2. The van der Waals surface area contributed by atoms with Gasteiger partial charge in [-0.1, -0.05) is 63.1 Å². The third kappa shape index (κ3) is 4.80. The monoisotopic (exact) mass is 566 g/mol. The molecule has 8 heteroatoms. The number of aromatic nitrogens is 2. The second kappa shape index (κ2) is 11.2. The van der Waals surface area contributed by atoms with Crippen LogP contribution in [0.2, 0.25) is 0 Å². The Hall–Kier alpha value is -3.62. The highest BCUT2D eigenvalue weighted by atomic mass is 16.2. The van der Waals surface area contributed by atoms with Crippen molar-refractivity contribution < 1.29 is 9.59 Å². The summed E-state index contributed by atoms with van der Waals surface area (Å²) in [6.07, 6.45) is 5.31. The Morgan fingerprint density at radius 2 is 1.14 bits per heavy atom. The summed E-state index contributed by atoms with van der Waals surface area (Å²) in [5.74, 6) is 0.158. The van der Waals surface area contributed by atoms with Gasteiger partial charge >= 0.3 is 0 Å². The van der Waals surface area contributed by atoms with Gasteiger partial charge in [-0.25, -0.2) is 0 Å². The van der Waals surface area contributed by atoms with Crippen LogP contribution in [0.3, 0.4) is 0 Å². The lowest BCUT2D eigenvalue weighted by molar-refractivity contribution is -0.131. The number of benzene rings is 2. The van der Waals surface area contributed by atoms with E-state index in [0.717, 1.165) is 62.9 Å². The van der Waals surface area contributed by atoms with Crippen LogP contribution in [0, 0.1) is 0 Å². The molecule has 220 valence electrons. The molecule has 4 heterocycles. The molecule has 0 bridgehead atoms. The minimum atomic E-state index is -0.214. The van der Waals surface area contributed by atoms with Crippen LogP contribution in [0.15, 0.2) is 48.5 Å². The first-order valence-corrected chi connectivity index (χ1v) is 15.8.